The van der Waals surface area contributed by atoms with Gasteiger partial charge in [-0.2, -0.15) is 0 Å². The van der Waals surface area contributed by atoms with Crippen LogP contribution < -0.4 is 5.32 Å². The summed E-state index contributed by atoms with van der Waals surface area (Å²) >= 11 is 0. The summed E-state index contributed by atoms with van der Waals surface area (Å²) in [6, 6.07) is 6.61. The topological polar surface area (TPSA) is 52.6 Å². The minimum Gasteiger partial charge on any atom is -0.393 e. The van der Waals surface area contributed by atoms with E-state index in [4.69, 9.17) is 0 Å². The fourth-order valence-corrected chi connectivity index (χ4v) is 3.48. The normalized spacial score (nSPS) is 24.1. The smallest absolute Gasteiger partial charge is 0.317 e. The summed E-state index contributed by atoms with van der Waals surface area (Å²) in [5.74, 6) is -0.0662. The van der Waals surface area contributed by atoms with Crippen molar-refractivity contribution in [2.24, 2.45) is 5.92 Å². The van der Waals surface area contributed by atoms with E-state index < -0.39 is 0 Å². The highest BCUT2D eigenvalue weighted by atomic mass is 19.1. The highest BCUT2D eigenvalue weighted by Crippen LogP contribution is 2.47. The van der Waals surface area contributed by atoms with Crippen molar-refractivity contribution in [2.75, 3.05) is 19.6 Å². The van der Waals surface area contributed by atoms with E-state index in [0.717, 1.165) is 37.8 Å². The van der Waals surface area contributed by atoms with Crippen molar-refractivity contribution in [1.82, 2.24) is 10.2 Å². The summed E-state index contributed by atoms with van der Waals surface area (Å²) in [5, 5.41) is 12.7. The van der Waals surface area contributed by atoms with Gasteiger partial charge in [0.05, 0.1) is 6.10 Å². The van der Waals surface area contributed by atoms with E-state index in [1.54, 1.807) is 24.0 Å². The first-order chi connectivity index (χ1) is 11.0. The SMILES string of the molecule is CC(O)C1CCCN(C(=O)NCC2(c3cccc(F)c3)CC2)C1. The van der Waals surface area contributed by atoms with Crippen LogP contribution in [0.15, 0.2) is 24.3 Å². The van der Waals surface area contributed by atoms with Gasteiger partial charge >= 0.3 is 6.03 Å². The van der Waals surface area contributed by atoms with E-state index >= 15 is 0 Å². The van der Waals surface area contributed by atoms with Crippen molar-refractivity contribution >= 4 is 6.03 Å². The molecule has 0 spiro atoms. The molecule has 1 aromatic rings. The summed E-state index contributed by atoms with van der Waals surface area (Å²) in [7, 11) is 0. The lowest BCUT2D eigenvalue weighted by Crippen LogP contribution is -2.48. The van der Waals surface area contributed by atoms with Crippen molar-refractivity contribution in [3.05, 3.63) is 35.6 Å². The Morgan fingerprint density at radius 3 is 2.96 bits per heavy atom. The highest BCUT2D eigenvalue weighted by molar-refractivity contribution is 5.74. The number of nitrogens with one attached hydrogen (secondary N) is 1. The lowest BCUT2D eigenvalue weighted by Gasteiger charge is -2.34. The van der Waals surface area contributed by atoms with E-state index in [0.29, 0.717) is 13.1 Å². The first-order valence-electron chi connectivity index (χ1n) is 8.47. The Hall–Kier alpha value is -1.62. The molecular formula is C18H25FN2O2. The second kappa shape index (κ2) is 6.48. The van der Waals surface area contributed by atoms with Crippen LogP contribution in [-0.2, 0) is 5.41 Å². The van der Waals surface area contributed by atoms with Crippen LogP contribution in [0.25, 0.3) is 0 Å². The third kappa shape index (κ3) is 3.66. The maximum Gasteiger partial charge on any atom is 0.317 e. The van der Waals surface area contributed by atoms with Crippen LogP contribution in [0, 0.1) is 11.7 Å². The second-order valence-electron chi connectivity index (χ2n) is 7.04. The molecule has 2 atom stereocenters. The molecular weight excluding hydrogens is 295 g/mol. The lowest BCUT2D eigenvalue weighted by atomic mass is 9.93. The first kappa shape index (κ1) is 16.2. The zero-order valence-electron chi connectivity index (χ0n) is 13.6. The molecule has 2 aliphatic rings. The second-order valence-corrected chi connectivity index (χ2v) is 7.04. The Morgan fingerprint density at radius 1 is 1.52 bits per heavy atom. The molecule has 1 aliphatic carbocycles. The number of carbonyl (C=O) groups is 1. The predicted molar refractivity (Wildman–Crippen MR) is 86.7 cm³/mol. The van der Waals surface area contributed by atoms with Crippen molar-refractivity contribution in [2.45, 2.75) is 44.1 Å². The maximum absolute atomic E-state index is 13.4. The number of hydrogen-bond acceptors (Lipinski definition) is 2. The first-order valence-corrected chi connectivity index (χ1v) is 8.47. The van der Waals surface area contributed by atoms with Gasteiger partial charge in [-0.25, -0.2) is 9.18 Å². The van der Waals surface area contributed by atoms with Crippen LogP contribution in [0.3, 0.4) is 0 Å². The van der Waals surface area contributed by atoms with Gasteiger partial charge in [-0.15, -0.1) is 0 Å². The molecule has 2 amide bonds. The average molecular weight is 320 g/mol. The molecule has 2 N–H and O–H groups in total. The summed E-state index contributed by atoms with van der Waals surface area (Å²) in [6.07, 6.45) is 3.47. The number of nitrogens with zero attached hydrogens (tertiary/aromatic N) is 1. The molecule has 126 valence electrons. The monoisotopic (exact) mass is 320 g/mol. The number of rotatable bonds is 4. The molecule has 1 aromatic carbocycles. The number of aliphatic hydroxyl groups is 1. The molecule has 5 heteroatoms. The van der Waals surface area contributed by atoms with E-state index in [9.17, 15) is 14.3 Å². The number of benzene rings is 1. The maximum atomic E-state index is 13.4. The highest BCUT2D eigenvalue weighted by Gasteiger charge is 2.44. The third-order valence-corrected chi connectivity index (χ3v) is 5.30. The van der Waals surface area contributed by atoms with Gasteiger partial charge in [-0.1, -0.05) is 12.1 Å². The van der Waals surface area contributed by atoms with Crippen LogP contribution >= 0.6 is 0 Å². The van der Waals surface area contributed by atoms with Gasteiger partial charge in [0.25, 0.3) is 0 Å². The third-order valence-electron chi connectivity index (χ3n) is 5.30. The molecule has 2 fully saturated rings. The summed E-state index contributed by atoms with van der Waals surface area (Å²) in [5.41, 5.74) is 0.871. The number of aliphatic hydroxyl groups excluding tert-OH is 1. The number of piperidine rings is 1. The molecule has 1 saturated carbocycles. The number of hydrogen-bond donors (Lipinski definition) is 2. The van der Waals surface area contributed by atoms with Gasteiger partial charge in [-0.3, -0.25) is 0 Å². The van der Waals surface area contributed by atoms with Gasteiger partial charge < -0.3 is 15.3 Å². The van der Waals surface area contributed by atoms with Crippen LogP contribution in [-0.4, -0.2) is 41.8 Å². The molecule has 3 rings (SSSR count). The van der Waals surface area contributed by atoms with Crippen LogP contribution in [0.5, 0.6) is 0 Å². The molecule has 1 aliphatic heterocycles. The fourth-order valence-electron chi connectivity index (χ4n) is 3.48. The predicted octanol–water partition coefficient (Wildman–Crippen LogP) is 2.66. The molecule has 0 bridgehead atoms. The Balaban J connectivity index is 1.57. The molecule has 2 unspecified atom stereocenters. The molecule has 1 heterocycles. The summed E-state index contributed by atoms with van der Waals surface area (Å²) in [4.78, 5) is 14.2. The van der Waals surface area contributed by atoms with Crippen molar-refractivity contribution in [3.8, 4) is 0 Å². The van der Waals surface area contributed by atoms with Gasteiger partial charge in [0.1, 0.15) is 5.82 Å². The number of urea groups is 1. The number of likely N-dealkylation sites (tertiary alicyclic amines) is 1. The van der Waals surface area contributed by atoms with Gasteiger partial charge in [0.15, 0.2) is 0 Å². The van der Waals surface area contributed by atoms with E-state index in [1.165, 1.54) is 6.07 Å². The molecule has 0 aromatic heterocycles. The van der Waals surface area contributed by atoms with Crippen molar-refractivity contribution in [1.29, 1.82) is 0 Å². The fraction of sp³-hybridized carbons (Fsp3) is 0.611. The van der Waals surface area contributed by atoms with E-state index in [2.05, 4.69) is 5.32 Å². The molecule has 4 nitrogen and oxygen atoms in total. The molecule has 0 radical (unpaired) electrons. The Labute approximate surface area is 136 Å². The number of amides is 2. The average Bonchev–Trinajstić information content (AvgIpc) is 3.34. The standard InChI is InChI=1S/C18H25FN2O2/c1-13(22)14-4-3-9-21(11-14)17(23)20-12-18(7-8-18)15-5-2-6-16(19)10-15/h2,5-6,10,13-14,22H,3-4,7-9,11-12H2,1H3,(H,20,23). The lowest BCUT2D eigenvalue weighted by molar-refractivity contribution is 0.0738. The van der Waals surface area contributed by atoms with Gasteiger partial charge in [0, 0.05) is 31.0 Å². The molecule has 1 saturated heterocycles. The minimum absolute atomic E-state index is 0.0713. The largest absolute Gasteiger partial charge is 0.393 e. The van der Waals surface area contributed by atoms with Crippen LogP contribution in [0.4, 0.5) is 9.18 Å². The Bertz CT molecular complexity index is 572. The Morgan fingerprint density at radius 2 is 2.30 bits per heavy atom. The van der Waals surface area contributed by atoms with E-state index in [-0.39, 0.29) is 29.3 Å². The van der Waals surface area contributed by atoms with Gasteiger partial charge in [0.2, 0.25) is 0 Å². The zero-order chi connectivity index (χ0) is 16.4. The van der Waals surface area contributed by atoms with Crippen molar-refractivity contribution < 1.29 is 14.3 Å². The zero-order valence-corrected chi connectivity index (χ0v) is 13.6. The quantitative estimate of drug-likeness (QED) is 0.896. The molecule has 23 heavy (non-hydrogen) atoms. The number of halogens is 1. The van der Waals surface area contributed by atoms with Crippen LogP contribution in [0.2, 0.25) is 0 Å². The number of carbonyl (C=O) groups excluding carboxylic acids is 1. The minimum atomic E-state index is -0.382. The summed E-state index contributed by atoms with van der Waals surface area (Å²) in [6.45, 7) is 3.68. The Kier molecular flexibility index (Phi) is 4.57. The van der Waals surface area contributed by atoms with Gasteiger partial charge in [-0.05, 0) is 50.3 Å². The summed E-state index contributed by atoms with van der Waals surface area (Å²) < 4.78 is 13.4. The van der Waals surface area contributed by atoms with Crippen molar-refractivity contribution in [3.63, 3.8) is 0 Å². The van der Waals surface area contributed by atoms with Crippen LogP contribution in [0.1, 0.15) is 38.2 Å². The van der Waals surface area contributed by atoms with E-state index in [1.807, 2.05) is 6.07 Å².